The van der Waals surface area contributed by atoms with E-state index in [2.05, 4.69) is 15.3 Å². The number of methoxy groups -OCH3 is 1. The highest BCUT2D eigenvalue weighted by atomic mass is 16.5. The molecular weight excluding hydrogens is 396 g/mol. The number of benzene rings is 1. The van der Waals surface area contributed by atoms with E-state index in [1.54, 1.807) is 25.3 Å². The van der Waals surface area contributed by atoms with Crippen molar-refractivity contribution in [3.63, 3.8) is 0 Å². The molecule has 8 nitrogen and oxygen atoms in total. The van der Waals surface area contributed by atoms with Gasteiger partial charge in [0.25, 0.3) is 0 Å². The molecule has 164 valence electrons. The van der Waals surface area contributed by atoms with Crippen molar-refractivity contribution >= 4 is 17.6 Å². The molecule has 2 aliphatic heterocycles. The Balaban J connectivity index is 1.30. The second-order valence-corrected chi connectivity index (χ2v) is 8.32. The van der Waals surface area contributed by atoms with Gasteiger partial charge in [0.2, 0.25) is 11.9 Å². The van der Waals surface area contributed by atoms with Crippen molar-refractivity contribution < 1.29 is 19.1 Å². The number of rotatable bonds is 6. The number of aryl methyl sites for hydroxylation is 2. The fourth-order valence-corrected chi connectivity index (χ4v) is 4.29. The van der Waals surface area contributed by atoms with E-state index in [0.717, 1.165) is 11.4 Å². The average molecular weight is 425 g/mol. The topological polar surface area (TPSA) is 93.7 Å². The first-order chi connectivity index (χ1) is 14.9. The summed E-state index contributed by atoms with van der Waals surface area (Å²) >= 11 is 0. The van der Waals surface area contributed by atoms with Gasteiger partial charge in [-0.15, -0.1) is 0 Å². The van der Waals surface area contributed by atoms with Gasteiger partial charge in [-0.3, -0.25) is 9.59 Å². The Hall–Kier alpha value is -3.16. The zero-order chi connectivity index (χ0) is 22.0. The second-order valence-electron chi connectivity index (χ2n) is 8.32. The van der Waals surface area contributed by atoms with E-state index in [0.29, 0.717) is 61.9 Å². The van der Waals surface area contributed by atoms with Crippen molar-refractivity contribution in [2.24, 2.45) is 0 Å². The third kappa shape index (κ3) is 4.62. The van der Waals surface area contributed by atoms with E-state index >= 15 is 0 Å². The highest BCUT2D eigenvalue weighted by molar-refractivity contribution is 6.01. The van der Waals surface area contributed by atoms with Crippen LogP contribution in [0.2, 0.25) is 0 Å². The number of fused-ring (bicyclic) bond motifs is 1. The van der Waals surface area contributed by atoms with Crippen LogP contribution in [0, 0.1) is 13.8 Å². The number of ketones is 1. The molecule has 1 aromatic carbocycles. The van der Waals surface area contributed by atoms with E-state index in [4.69, 9.17) is 9.47 Å². The molecule has 1 aromatic heterocycles. The summed E-state index contributed by atoms with van der Waals surface area (Å²) in [6.45, 7) is 5.53. The predicted octanol–water partition coefficient (Wildman–Crippen LogP) is 2.93. The zero-order valence-electron chi connectivity index (χ0n) is 18.2. The number of hydrogen-bond donors (Lipinski definition) is 1. The van der Waals surface area contributed by atoms with E-state index in [1.807, 2.05) is 24.8 Å². The maximum Gasteiger partial charge on any atom is 0.223 e. The number of likely N-dealkylation sites (tertiary alicyclic amines) is 1. The zero-order valence-corrected chi connectivity index (χ0v) is 18.2. The Morgan fingerprint density at radius 1 is 1.26 bits per heavy atom. The van der Waals surface area contributed by atoms with Gasteiger partial charge in [-0.1, -0.05) is 0 Å². The van der Waals surface area contributed by atoms with E-state index in [1.165, 1.54) is 0 Å². The molecule has 31 heavy (non-hydrogen) atoms. The number of hydrogen-bond acceptors (Lipinski definition) is 7. The highest BCUT2D eigenvalue weighted by Crippen LogP contribution is 2.40. The minimum Gasteiger partial charge on any atom is -0.497 e. The highest BCUT2D eigenvalue weighted by Gasteiger charge is 2.46. The Labute approximate surface area is 182 Å². The van der Waals surface area contributed by atoms with Crippen molar-refractivity contribution in [2.45, 2.75) is 45.1 Å². The number of amides is 1. The Kier molecular flexibility index (Phi) is 5.80. The quantitative estimate of drug-likeness (QED) is 0.713. The third-order valence-corrected chi connectivity index (χ3v) is 5.80. The van der Waals surface area contributed by atoms with Crippen LogP contribution in [0.1, 0.15) is 47.4 Å². The molecule has 8 heteroatoms. The van der Waals surface area contributed by atoms with Crippen LogP contribution in [0.3, 0.4) is 0 Å². The lowest BCUT2D eigenvalue weighted by Crippen LogP contribution is -2.45. The molecule has 1 saturated heterocycles. The molecule has 4 rings (SSSR count). The summed E-state index contributed by atoms with van der Waals surface area (Å²) < 4.78 is 11.4. The average Bonchev–Trinajstić information content (AvgIpc) is 3.13. The maximum atomic E-state index is 12.7. The van der Waals surface area contributed by atoms with Crippen molar-refractivity contribution in [3.05, 3.63) is 41.2 Å². The molecular formula is C23H28N4O4. The molecule has 1 atom stereocenters. The summed E-state index contributed by atoms with van der Waals surface area (Å²) in [6, 6.07) is 7.20. The third-order valence-electron chi connectivity index (χ3n) is 5.80. The van der Waals surface area contributed by atoms with Crippen LogP contribution in [0.15, 0.2) is 24.3 Å². The summed E-state index contributed by atoms with van der Waals surface area (Å²) in [5.74, 6) is 1.91. The van der Waals surface area contributed by atoms with Gasteiger partial charge in [-0.2, -0.15) is 0 Å². The van der Waals surface area contributed by atoms with Crippen LogP contribution in [0.4, 0.5) is 5.95 Å². The summed E-state index contributed by atoms with van der Waals surface area (Å²) in [5, 5.41) is 3.18. The monoisotopic (exact) mass is 424 g/mol. The van der Waals surface area contributed by atoms with Crippen LogP contribution >= 0.6 is 0 Å². The van der Waals surface area contributed by atoms with E-state index in [9.17, 15) is 9.59 Å². The number of carbonyl (C=O) groups excluding carboxylic acids is 2. The Morgan fingerprint density at radius 3 is 2.77 bits per heavy atom. The van der Waals surface area contributed by atoms with Crippen molar-refractivity contribution in [2.75, 3.05) is 32.1 Å². The first-order valence-corrected chi connectivity index (χ1v) is 10.6. The number of Topliss-reactive ketones (excluding diaryl/α,β-unsaturated/α-hetero) is 1. The SMILES string of the molecule is COc1ccc2c(c1)C(=O)CC1(CCN(C(=O)CCCNc3nc(C)cc(C)n3)C1)O2. The van der Waals surface area contributed by atoms with Crippen LogP contribution in [0.5, 0.6) is 11.5 Å². The molecule has 1 spiro atoms. The second kappa shape index (κ2) is 8.53. The van der Waals surface area contributed by atoms with Crippen LogP contribution in [-0.2, 0) is 4.79 Å². The summed E-state index contributed by atoms with van der Waals surface area (Å²) in [4.78, 5) is 35.9. The number of aromatic nitrogens is 2. The van der Waals surface area contributed by atoms with Gasteiger partial charge in [-0.25, -0.2) is 9.97 Å². The number of nitrogens with zero attached hydrogens (tertiary/aromatic N) is 3. The molecule has 1 amide bonds. The largest absolute Gasteiger partial charge is 0.497 e. The number of carbonyl (C=O) groups is 2. The molecule has 1 unspecified atom stereocenters. The summed E-state index contributed by atoms with van der Waals surface area (Å²) in [6.07, 6.45) is 2.05. The lowest BCUT2D eigenvalue weighted by molar-refractivity contribution is -0.131. The lowest BCUT2D eigenvalue weighted by atomic mass is 9.89. The van der Waals surface area contributed by atoms with Gasteiger partial charge in [0.05, 0.1) is 25.6 Å². The predicted molar refractivity (Wildman–Crippen MR) is 116 cm³/mol. The standard InChI is InChI=1S/C23H28N4O4/c1-15-11-16(2)26-22(25-15)24-9-4-5-21(29)27-10-8-23(14-27)13-19(28)18-12-17(30-3)6-7-20(18)31-23/h6-7,11-12H,4-5,8-10,13-14H2,1-3H3,(H,24,25,26). The molecule has 0 radical (unpaired) electrons. The molecule has 0 aliphatic carbocycles. The lowest BCUT2D eigenvalue weighted by Gasteiger charge is -2.34. The number of ether oxygens (including phenoxy) is 2. The van der Waals surface area contributed by atoms with Gasteiger partial charge in [0.15, 0.2) is 5.78 Å². The van der Waals surface area contributed by atoms with E-state index < -0.39 is 5.60 Å². The first kappa shape index (κ1) is 21.1. The molecule has 0 saturated carbocycles. The van der Waals surface area contributed by atoms with Gasteiger partial charge in [0, 0.05) is 37.3 Å². The molecule has 1 fully saturated rings. The van der Waals surface area contributed by atoms with Crippen LogP contribution < -0.4 is 14.8 Å². The van der Waals surface area contributed by atoms with Crippen molar-refractivity contribution in [1.82, 2.24) is 14.9 Å². The molecule has 3 heterocycles. The summed E-state index contributed by atoms with van der Waals surface area (Å²) in [5.41, 5.74) is 1.75. The molecule has 2 aromatic rings. The fourth-order valence-electron chi connectivity index (χ4n) is 4.29. The number of anilines is 1. The van der Waals surface area contributed by atoms with E-state index in [-0.39, 0.29) is 18.1 Å². The van der Waals surface area contributed by atoms with Crippen LogP contribution in [-0.4, -0.2) is 58.9 Å². The van der Waals surface area contributed by atoms with Gasteiger partial charge in [0.1, 0.15) is 17.1 Å². The smallest absolute Gasteiger partial charge is 0.223 e. The molecule has 1 N–H and O–H groups in total. The van der Waals surface area contributed by atoms with Crippen LogP contribution in [0.25, 0.3) is 0 Å². The van der Waals surface area contributed by atoms with Gasteiger partial charge < -0.3 is 19.7 Å². The number of nitrogens with one attached hydrogen (secondary N) is 1. The minimum atomic E-state index is -0.625. The normalized spacial score (nSPS) is 19.8. The molecule has 0 bridgehead atoms. The Morgan fingerprint density at radius 2 is 2.03 bits per heavy atom. The molecule has 2 aliphatic rings. The first-order valence-electron chi connectivity index (χ1n) is 10.6. The maximum absolute atomic E-state index is 12.7. The fraction of sp³-hybridized carbons (Fsp3) is 0.478. The van der Waals surface area contributed by atoms with Crippen molar-refractivity contribution in [3.8, 4) is 11.5 Å². The van der Waals surface area contributed by atoms with Crippen molar-refractivity contribution in [1.29, 1.82) is 0 Å². The summed E-state index contributed by atoms with van der Waals surface area (Å²) in [7, 11) is 1.57. The Bertz CT molecular complexity index is 989. The van der Waals surface area contributed by atoms with Gasteiger partial charge >= 0.3 is 0 Å². The minimum absolute atomic E-state index is 0.0343. The van der Waals surface area contributed by atoms with Gasteiger partial charge in [-0.05, 0) is 44.5 Å².